The Morgan fingerprint density at radius 1 is 1.45 bits per heavy atom. The lowest BCUT2D eigenvalue weighted by molar-refractivity contribution is 0.339. The number of nitrogens with zero attached hydrogens (tertiary/aromatic N) is 1. The van der Waals surface area contributed by atoms with Crippen LogP contribution in [0.4, 0.5) is 0 Å². The molecule has 0 amide bonds. The zero-order valence-corrected chi connectivity index (χ0v) is 6.63. The molecule has 11 heavy (non-hydrogen) atoms. The molecule has 0 spiro atoms. The highest BCUT2D eigenvalue weighted by molar-refractivity contribution is 7.90. The summed E-state index contributed by atoms with van der Waals surface area (Å²) in [6.07, 6.45) is 2.23. The SMILES string of the molecule is CS(=O)(=O)c1ncccc1[O]. The van der Waals surface area contributed by atoms with Crippen LogP contribution in [0, 0.1) is 0 Å². The lowest BCUT2D eigenvalue weighted by Gasteiger charge is -1.95. The van der Waals surface area contributed by atoms with E-state index in [4.69, 9.17) is 0 Å². The molecule has 0 fully saturated rings. The van der Waals surface area contributed by atoms with Gasteiger partial charge in [-0.2, -0.15) is 0 Å². The molecule has 1 rings (SSSR count). The molecule has 1 radical (unpaired) electrons. The maximum absolute atomic E-state index is 10.8. The molecule has 0 aliphatic heterocycles. The summed E-state index contributed by atoms with van der Waals surface area (Å²) >= 11 is 0. The van der Waals surface area contributed by atoms with Crippen LogP contribution in [0.2, 0.25) is 0 Å². The van der Waals surface area contributed by atoms with Crippen LogP contribution in [0.15, 0.2) is 23.4 Å². The maximum atomic E-state index is 10.8. The molecule has 0 unspecified atom stereocenters. The smallest absolute Gasteiger partial charge is 0.215 e. The van der Waals surface area contributed by atoms with E-state index in [-0.39, 0.29) is 5.03 Å². The van der Waals surface area contributed by atoms with Crippen molar-refractivity contribution >= 4 is 9.84 Å². The summed E-state index contributed by atoms with van der Waals surface area (Å²) in [6, 6.07) is 2.57. The van der Waals surface area contributed by atoms with Crippen LogP contribution in [0.5, 0.6) is 5.75 Å². The van der Waals surface area contributed by atoms with E-state index in [0.717, 1.165) is 6.26 Å². The lowest BCUT2D eigenvalue weighted by Crippen LogP contribution is -1.99. The second kappa shape index (κ2) is 2.50. The quantitative estimate of drug-likeness (QED) is 0.623. The van der Waals surface area contributed by atoms with E-state index in [2.05, 4.69) is 4.98 Å². The number of rotatable bonds is 1. The minimum Gasteiger partial charge on any atom is -0.287 e. The average molecular weight is 172 g/mol. The molecule has 0 aliphatic carbocycles. The second-order valence-corrected chi connectivity index (χ2v) is 4.01. The number of pyridine rings is 1. The fraction of sp³-hybridized carbons (Fsp3) is 0.167. The standard InChI is InChI=1S/C6H6NO3S/c1-11(9,10)6-5(8)3-2-4-7-6/h2-4H,1H3. The Kier molecular flexibility index (Phi) is 1.82. The number of hydrogen-bond acceptors (Lipinski definition) is 3. The van der Waals surface area contributed by atoms with Gasteiger partial charge in [-0.3, -0.25) is 5.11 Å². The first-order chi connectivity index (χ1) is 5.02. The van der Waals surface area contributed by atoms with E-state index in [1.54, 1.807) is 0 Å². The molecule has 0 N–H and O–H groups in total. The van der Waals surface area contributed by atoms with Crippen LogP contribution in [0.25, 0.3) is 0 Å². The molecule has 0 aliphatic rings. The first-order valence-corrected chi connectivity index (χ1v) is 4.73. The number of aromatic nitrogens is 1. The molecule has 0 saturated carbocycles. The van der Waals surface area contributed by atoms with Crippen molar-refractivity contribution in [1.82, 2.24) is 4.98 Å². The first-order valence-electron chi connectivity index (χ1n) is 2.84. The van der Waals surface area contributed by atoms with E-state index in [1.807, 2.05) is 0 Å². The Bertz CT molecular complexity index is 358. The Hall–Kier alpha value is -1.10. The van der Waals surface area contributed by atoms with Crippen molar-refractivity contribution in [3.05, 3.63) is 18.3 Å². The van der Waals surface area contributed by atoms with Crippen molar-refractivity contribution < 1.29 is 13.5 Å². The number of sulfone groups is 1. The van der Waals surface area contributed by atoms with Gasteiger partial charge in [-0.05, 0) is 12.1 Å². The van der Waals surface area contributed by atoms with Gasteiger partial charge in [0.25, 0.3) is 0 Å². The number of hydrogen-bond donors (Lipinski definition) is 0. The highest BCUT2D eigenvalue weighted by atomic mass is 32.2. The summed E-state index contributed by atoms with van der Waals surface area (Å²) in [5.41, 5.74) is 0. The van der Waals surface area contributed by atoms with Crippen molar-refractivity contribution in [3.63, 3.8) is 0 Å². The summed E-state index contributed by atoms with van der Waals surface area (Å²) in [4.78, 5) is 3.45. The van der Waals surface area contributed by atoms with Crippen molar-refractivity contribution in [2.45, 2.75) is 5.03 Å². The third-order valence-electron chi connectivity index (χ3n) is 1.09. The van der Waals surface area contributed by atoms with Crippen molar-refractivity contribution in [2.75, 3.05) is 6.26 Å². The highest BCUT2D eigenvalue weighted by Crippen LogP contribution is 2.18. The molecule has 59 valence electrons. The molecule has 1 heterocycles. The summed E-state index contributed by atoms with van der Waals surface area (Å²) < 4.78 is 21.6. The second-order valence-electron chi connectivity index (χ2n) is 2.08. The predicted molar refractivity (Wildman–Crippen MR) is 37.5 cm³/mol. The molecule has 0 saturated heterocycles. The van der Waals surface area contributed by atoms with Crippen LogP contribution in [0.1, 0.15) is 0 Å². The third-order valence-corrected chi connectivity index (χ3v) is 2.10. The summed E-state index contributed by atoms with van der Waals surface area (Å²) in [7, 11) is -3.46. The molecule has 0 aromatic carbocycles. The summed E-state index contributed by atoms with van der Waals surface area (Å²) in [5, 5.41) is 10.4. The van der Waals surface area contributed by atoms with Crippen molar-refractivity contribution in [3.8, 4) is 5.75 Å². The molecule has 0 bridgehead atoms. The van der Waals surface area contributed by atoms with E-state index < -0.39 is 15.6 Å². The van der Waals surface area contributed by atoms with Gasteiger partial charge in [-0.25, -0.2) is 13.4 Å². The normalized spacial score (nSPS) is 11.4. The monoisotopic (exact) mass is 172 g/mol. The Morgan fingerprint density at radius 3 is 2.45 bits per heavy atom. The van der Waals surface area contributed by atoms with Gasteiger partial charge in [0, 0.05) is 12.5 Å². The minimum absolute atomic E-state index is 0.389. The van der Waals surface area contributed by atoms with Gasteiger partial charge >= 0.3 is 0 Å². The van der Waals surface area contributed by atoms with E-state index in [9.17, 15) is 13.5 Å². The highest BCUT2D eigenvalue weighted by Gasteiger charge is 2.14. The van der Waals surface area contributed by atoms with Gasteiger partial charge in [0.2, 0.25) is 10.8 Å². The van der Waals surface area contributed by atoms with Gasteiger partial charge in [-0.1, -0.05) is 0 Å². The van der Waals surface area contributed by atoms with Gasteiger partial charge in [0.05, 0.1) is 0 Å². The van der Waals surface area contributed by atoms with Crippen LogP contribution in [-0.4, -0.2) is 19.7 Å². The van der Waals surface area contributed by atoms with Crippen LogP contribution in [-0.2, 0) is 14.9 Å². The topological polar surface area (TPSA) is 66.9 Å². The van der Waals surface area contributed by atoms with E-state index >= 15 is 0 Å². The van der Waals surface area contributed by atoms with Crippen LogP contribution < -0.4 is 0 Å². The Morgan fingerprint density at radius 2 is 2.09 bits per heavy atom. The predicted octanol–water partition coefficient (Wildman–Crippen LogP) is 0.629. The molecule has 4 nitrogen and oxygen atoms in total. The minimum atomic E-state index is -3.46. The first kappa shape index (κ1) is 8.00. The molecular formula is C6H6NO3S. The molecular weight excluding hydrogens is 166 g/mol. The Balaban J connectivity index is 3.37. The Labute approximate surface area is 64.4 Å². The van der Waals surface area contributed by atoms with Gasteiger partial charge in [-0.15, -0.1) is 0 Å². The largest absolute Gasteiger partial charge is 0.287 e. The maximum Gasteiger partial charge on any atom is 0.215 e. The van der Waals surface area contributed by atoms with Gasteiger partial charge < -0.3 is 0 Å². The van der Waals surface area contributed by atoms with E-state index in [1.165, 1.54) is 18.3 Å². The summed E-state index contributed by atoms with van der Waals surface area (Å²) in [6.45, 7) is 0. The van der Waals surface area contributed by atoms with E-state index in [0.29, 0.717) is 0 Å². The van der Waals surface area contributed by atoms with Crippen LogP contribution >= 0.6 is 0 Å². The lowest BCUT2D eigenvalue weighted by atomic mass is 10.5. The zero-order chi connectivity index (χ0) is 8.48. The molecule has 1 aromatic heterocycles. The fourth-order valence-corrected chi connectivity index (χ4v) is 1.34. The molecule has 5 heteroatoms. The third kappa shape index (κ3) is 1.68. The average Bonchev–Trinajstić information content (AvgIpc) is 1.86. The van der Waals surface area contributed by atoms with Crippen molar-refractivity contribution in [2.24, 2.45) is 0 Å². The summed E-state index contributed by atoms with van der Waals surface area (Å²) in [5.74, 6) is -0.560. The van der Waals surface area contributed by atoms with Crippen LogP contribution in [0.3, 0.4) is 0 Å². The zero-order valence-electron chi connectivity index (χ0n) is 5.81. The van der Waals surface area contributed by atoms with Crippen molar-refractivity contribution in [1.29, 1.82) is 0 Å². The van der Waals surface area contributed by atoms with Gasteiger partial charge in [0.15, 0.2) is 9.84 Å². The van der Waals surface area contributed by atoms with Gasteiger partial charge in [0.1, 0.15) is 0 Å². The molecule has 1 aromatic rings. The molecule has 0 atom stereocenters. The fourth-order valence-electron chi connectivity index (χ4n) is 0.655.